The second kappa shape index (κ2) is 31.8. The topological polar surface area (TPSA) is 0 Å². The molecule has 0 spiro atoms. The van der Waals surface area contributed by atoms with Crippen LogP contribution in [0.25, 0.3) is 0 Å². The number of rotatable bonds is 5. The van der Waals surface area contributed by atoms with Gasteiger partial charge in [-0.25, -0.2) is 0 Å². The lowest BCUT2D eigenvalue weighted by Gasteiger charge is -2.37. The van der Waals surface area contributed by atoms with Gasteiger partial charge in [-0.2, -0.15) is 0 Å². The second-order valence-electron chi connectivity index (χ2n) is 23.1. The van der Waals surface area contributed by atoms with E-state index in [-0.39, 0.29) is 0 Å². The summed E-state index contributed by atoms with van der Waals surface area (Å²) in [6, 6.07) is 0. The maximum absolute atomic E-state index is 2.39. The first kappa shape index (κ1) is 54.0. The average Bonchev–Trinajstić information content (AvgIpc) is 3.94. The van der Waals surface area contributed by atoms with E-state index < -0.39 is 0 Å². The lowest BCUT2D eigenvalue weighted by molar-refractivity contribution is 0.155. The molecule has 8 aliphatic carbocycles. The Morgan fingerprint density at radius 3 is 1.05 bits per heavy atom. The molecule has 0 N–H and O–H groups in total. The summed E-state index contributed by atoms with van der Waals surface area (Å²) < 4.78 is 0. The van der Waals surface area contributed by atoms with Crippen molar-refractivity contribution in [2.45, 2.75) is 295 Å². The minimum atomic E-state index is 0.694. The van der Waals surface area contributed by atoms with Gasteiger partial charge in [0.15, 0.2) is 0 Å². The number of hydrogen-bond donors (Lipinski definition) is 0. The molecule has 0 bridgehead atoms. The average molecular weight is 786 g/mol. The van der Waals surface area contributed by atoms with E-state index >= 15 is 0 Å². The highest BCUT2D eigenvalue weighted by molar-refractivity contribution is 4.81. The first-order chi connectivity index (χ1) is 26.6. The van der Waals surface area contributed by atoms with Crippen molar-refractivity contribution in [2.24, 2.45) is 64.1 Å². The van der Waals surface area contributed by atoms with Gasteiger partial charge in [-0.1, -0.05) is 263 Å². The van der Waals surface area contributed by atoms with Crippen molar-refractivity contribution in [1.29, 1.82) is 0 Å². The molecule has 0 heteroatoms. The van der Waals surface area contributed by atoms with Crippen molar-refractivity contribution in [1.82, 2.24) is 0 Å². The lowest BCUT2D eigenvalue weighted by Crippen LogP contribution is -2.23. The van der Waals surface area contributed by atoms with Crippen molar-refractivity contribution in [3.63, 3.8) is 0 Å². The quantitative estimate of drug-likeness (QED) is 0.260. The van der Waals surface area contributed by atoms with Crippen LogP contribution in [0.4, 0.5) is 0 Å². The highest BCUT2D eigenvalue weighted by Gasteiger charge is 2.29. The van der Waals surface area contributed by atoms with Gasteiger partial charge in [0.2, 0.25) is 0 Å². The van der Waals surface area contributed by atoms with E-state index in [9.17, 15) is 0 Å². The van der Waals surface area contributed by atoms with Crippen LogP contribution in [-0.2, 0) is 0 Å². The summed E-state index contributed by atoms with van der Waals surface area (Å²) in [6.07, 6.45) is 47.3. The van der Waals surface area contributed by atoms with Gasteiger partial charge in [-0.05, 0) is 96.2 Å². The molecule has 336 valence electrons. The first-order valence-corrected chi connectivity index (χ1v) is 26.6. The van der Waals surface area contributed by atoms with E-state index in [4.69, 9.17) is 0 Å². The zero-order valence-electron chi connectivity index (χ0n) is 41.8. The van der Waals surface area contributed by atoms with E-state index in [2.05, 4.69) is 90.0 Å². The van der Waals surface area contributed by atoms with Crippen LogP contribution in [0.3, 0.4) is 0 Å². The van der Waals surface area contributed by atoms with Crippen molar-refractivity contribution in [2.75, 3.05) is 0 Å². The third-order valence-corrected chi connectivity index (χ3v) is 16.6. The Morgan fingerprint density at radius 1 is 0.446 bits per heavy atom. The summed E-state index contributed by atoms with van der Waals surface area (Å²) in [4.78, 5) is 0. The predicted molar refractivity (Wildman–Crippen MR) is 258 cm³/mol. The van der Waals surface area contributed by atoms with Crippen LogP contribution in [0.15, 0.2) is 0 Å². The fraction of sp³-hybridized carbons (Fsp3) is 1.00. The van der Waals surface area contributed by atoms with E-state index in [0.29, 0.717) is 5.41 Å². The normalized spacial score (nSPS) is 29.0. The van der Waals surface area contributed by atoms with Crippen molar-refractivity contribution >= 4 is 0 Å². The van der Waals surface area contributed by atoms with Crippen LogP contribution < -0.4 is 0 Å². The summed E-state index contributed by atoms with van der Waals surface area (Å²) in [6.45, 7) is 30.4. The van der Waals surface area contributed by atoms with Crippen LogP contribution >= 0.6 is 0 Å². The molecule has 2 unspecified atom stereocenters. The van der Waals surface area contributed by atoms with E-state index in [1.54, 1.807) is 0 Å². The molecule has 0 amide bonds. The Bertz CT molecular complexity index is 808. The maximum Gasteiger partial charge on any atom is -0.0328 e. The molecule has 0 aromatic carbocycles. The van der Waals surface area contributed by atoms with Crippen molar-refractivity contribution < 1.29 is 0 Å². The van der Waals surface area contributed by atoms with Gasteiger partial charge >= 0.3 is 0 Å². The number of hydrogen-bond acceptors (Lipinski definition) is 0. The SMILES string of the molecule is CC(C)C1CCC1.CC1(C)CCCC1.CC1CCCCC1.CC1CCC[C@H]1C.CC1CC[C@@H](C)C1.CCC1(C)CCC1.CCC1CCCC1.CCCC1CCC1. The molecule has 8 saturated carbocycles. The zero-order valence-corrected chi connectivity index (χ0v) is 41.8. The highest BCUT2D eigenvalue weighted by atomic mass is 14.3. The van der Waals surface area contributed by atoms with Gasteiger partial charge in [0.1, 0.15) is 0 Å². The minimum absolute atomic E-state index is 0.694. The molecule has 0 aromatic rings. The molecule has 8 fully saturated rings. The minimum Gasteiger partial charge on any atom is -0.0654 e. The van der Waals surface area contributed by atoms with E-state index in [1.165, 1.54) is 205 Å². The summed E-state index contributed by atoms with van der Waals surface area (Å²) in [5.74, 6) is 9.37. The second-order valence-corrected chi connectivity index (χ2v) is 23.1. The summed E-state index contributed by atoms with van der Waals surface area (Å²) in [5, 5.41) is 0. The zero-order chi connectivity index (χ0) is 41.8. The Hall–Kier alpha value is 0. The molecule has 56 heavy (non-hydrogen) atoms. The third-order valence-electron chi connectivity index (χ3n) is 16.6. The molecule has 0 nitrogen and oxygen atoms in total. The van der Waals surface area contributed by atoms with E-state index in [0.717, 1.165) is 58.7 Å². The van der Waals surface area contributed by atoms with Gasteiger partial charge in [0, 0.05) is 0 Å². The van der Waals surface area contributed by atoms with Crippen molar-refractivity contribution in [3.05, 3.63) is 0 Å². The summed E-state index contributed by atoms with van der Waals surface area (Å²) >= 11 is 0. The first-order valence-electron chi connectivity index (χ1n) is 26.6. The van der Waals surface area contributed by atoms with Gasteiger partial charge in [0.25, 0.3) is 0 Å². The molecule has 0 saturated heterocycles. The molecule has 8 aliphatic rings. The molecular weight excluding hydrogens is 673 g/mol. The molecule has 4 atom stereocenters. The Morgan fingerprint density at radius 2 is 0.911 bits per heavy atom. The van der Waals surface area contributed by atoms with Crippen LogP contribution in [0.5, 0.6) is 0 Å². The third kappa shape index (κ3) is 27.0. The van der Waals surface area contributed by atoms with E-state index in [1.807, 2.05) is 0 Å². The fourth-order valence-corrected chi connectivity index (χ4v) is 10.3. The largest absolute Gasteiger partial charge is 0.0654 e. The van der Waals surface area contributed by atoms with Crippen LogP contribution in [0.2, 0.25) is 0 Å². The standard InChI is InChI=1S/8C7H14/c1-6-3-4-7(2)5-6;1-7(2)5-3-4-6-7;1-6-4-3-5-7(6)2;1-6(2)7-4-3-5-7;1-7-5-3-2-4-6-7;1-3-7(2)5-4-6-7;1-2-7-5-3-4-6-7;1-2-4-7-5-3-6-7/h6-7H,3-5H2,1-2H3;3-6H2,1-2H3;2*6-7H,3-5H2,1-2H3;7H,2-6H2,1H3;3-6H2,1-2H3;2*7H,2-6H2,1H3/t6-,7?;;6-,7?;;;;;/m1.1...../s1. The highest BCUT2D eigenvalue weighted by Crippen LogP contribution is 2.42. The lowest BCUT2D eigenvalue weighted by atomic mass is 9.69. The Kier molecular flexibility index (Phi) is 30.7. The van der Waals surface area contributed by atoms with Gasteiger partial charge in [-0.15, -0.1) is 0 Å². The van der Waals surface area contributed by atoms with Crippen molar-refractivity contribution in [3.8, 4) is 0 Å². The molecule has 0 aromatic heterocycles. The van der Waals surface area contributed by atoms with Crippen LogP contribution in [-0.4, -0.2) is 0 Å². The monoisotopic (exact) mass is 785 g/mol. The fourth-order valence-electron chi connectivity index (χ4n) is 10.3. The summed E-state index contributed by atoms with van der Waals surface area (Å²) in [5.41, 5.74) is 1.46. The molecule has 0 heterocycles. The Balaban J connectivity index is 0.000000320. The molecule has 8 rings (SSSR count). The van der Waals surface area contributed by atoms with Gasteiger partial charge < -0.3 is 0 Å². The summed E-state index contributed by atoms with van der Waals surface area (Å²) in [7, 11) is 0. The van der Waals surface area contributed by atoms with Gasteiger partial charge in [-0.3, -0.25) is 0 Å². The molecular formula is C56H112. The maximum atomic E-state index is 2.39. The van der Waals surface area contributed by atoms with Gasteiger partial charge in [0.05, 0.1) is 0 Å². The van der Waals surface area contributed by atoms with Crippen LogP contribution in [0.1, 0.15) is 295 Å². The smallest absolute Gasteiger partial charge is 0.0328 e. The Labute approximate surface area is 358 Å². The predicted octanol–water partition coefficient (Wildman–Crippen LogP) is 20.3. The van der Waals surface area contributed by atoms with Crippen LogP contribution in [0, 0.1) is 64.1 Å². The molecule has 0 aliphatic heterocycles. The molecule has 0 radical (unpaired) electrons.